The van der Waals surface area contributed by atoms with E-state index in [4.69, 9.17) is 0 Å². The van der Waals surface area contributed by atoms with Crippen molar-refractivity contribution in [2.75, 3.05) is 20.1 Å². The molecule has 1 aliphatic rings. The van der Waals surface area contributed by atoms with Crippen molar-refractivity contribution in [3.63, 3.8) is 0 Å². The summed E-state index contributed by atoms with van der Waals surface area (Å²) in [5.74, 6) is 0.950. The van der Waals surface area contributed by atoms with Crippen LogP contribution in [0.5, 0.6) is 0 Å². The van der Waals surface area contributed by atoms with Crippen LogP contribution >= 0.6 is 0 Å². The van der Waals surface area contributed by atoms with Gasteiger partial charge in [-0.3, -0.25) is 0 Å². The lowest BCUT2D eigenvalue weighted by Crippen LogP contribution is -2.43. The summed E-state index contributed by atoms with van der Waals surface area (Å²) < 4.78 is 0. The first-order chi connectivity index (χ1) is 7.17. The topological polar surface area (TPSA) is 15.3 Å². The molecule has 90 valence electrons. The molecule has 0 aliphatic carbocycles. The lowest BCUT2D eigenvalue weighted by Gasteiger charge is -2.37. The minimum absolute atomic E-state index is 0.641. The fourth-order valence-corrected chi connectivity index (χ4v) is 2.61. The third-order valence-corrected chi connectivity index (χ3v) is 3.94. The predicted octanol–water partition coefficient (Wildman–Crippen LogP) is 2.49. The van der Waals surface area contributed by atoms with Crippen molar-refractivity contribution in [1.82, 2.24) is 10.2 Å². The summed E-state index contributed by atoms with van der Waals surface area (Å²) in [7, 11) is 2.06. The van der Waals surface area contributed by atoms with Gasteiger partial charge in [-0.05, 0) is 52.6 Å². The standard InChI is InChI=1S/C13H28N2/c1-5-13-7-6-8-15(10-13)12(3)9-11(2)14-4/h11-14H,5-10H2,1-4H3. The summed E-state index contributed by atoms with van der Waals surface area (Å²) in [6.45, 7) is 9.63. The van der Waals surface area contributed by atoms with Crippen LogP contribution in [0.4, 0.5) is 0 Å². The molecule has 0 spiro atoms. The maximum atomic E-state index is 3.33. The Labute approximate surface area is 95.4 Å². The maximum absolute atomic E-state index is 3.33. The van der Waals surface area contributed by atoms with Gasteiger partial charge in [-0.25, -0.2) is 0 Å². The lowest BCUT2D eigenvalue weighted by atomic mass is 9.94. The molecule has 1 rings (SSSR count). The Hall–Kier alpha value is -0.0800. The zero-order chi connectivity index (χ0) is 11.3. The van der Waals surface area contributed by atoms with Gasteiger partial charge in [0.15, 0.2) is 0 Å². The highest BCUT2D eigenvalue weighted by Gasteiger charge is 2.22. The SMILES string of the molecule is CCC1CCCN(C(C)CC(C)NC)C1. The Morgan fingerprint density at radius 2 is 2.13 bits per heavy atom. The van der Waals surface area contributed by atoms with Gasteiger partial charge in [-0.15, -0.1) is 0 Å². The number of piperidine rings is 1. The van der Waals surface area contributed by atoms with Crippen molar-refractivity contribution >= 4 is 0 Å². The number of rotatable bonds is 5. The number of nitrogens with zero attached hydrogens (tertiary/aromatic N) is 1. The van der Waals surface area contributed by atoms with Gasteiger partial charge in [-0.2, -0.15) is 0 Å². The molecule has 3 unspecified atom stereocenters. The van der Waals surface area contributed by atoms with Gasteiger partial charge in [-0.1, -0.05) is 13.3 Å². The van der Waals surface area contributed by atoms with E-state index in [-0.39, 0.29) is 0 Å². The van der Waals surface area contributed by atoms with E-state index in [9.17, 15) is 0 Å². The number of nitrogens with one attached hydrogen (secondary N) is 1. The van der Waals surface area contributed by atoms with Crippen LogP contribution in [0.15, 0.2) is 0 Å². The van der Waals surface area contributed by atoms with Gasteiger partial charge in [0.25, 0.3) is 0 Å². The third kappa shape index (κ3) is 4.12. The largest absolute Gasteiger partial charge is 0.317 e. The molecule has 15 heavy (non-hydrogen) atoms. The molecular weight excluding hydrogens is 184 g/mol. The molecule has 1 saturated heterocycles. The van der Waals surface area contributed by atoms with Crippen LogP contribution in [0.25, 0.3) is 0 Å². The zero-order valence-electron chi connectivity index (χ0n) is 10.9. The normalized spacial score (nSPS) is 27.6. The van der Waals surface area contributed by atoms with Gasteiger partial charge < -0.3 is 10.2 Å². The zero-order valence-corrected chi connectivity index (χ0v) is 10.9. The van der Waals surface area contributed by atoms with Crippen LogP contribution in [-0.2, 0) is 0 Å². The van der Waals surface area contributed by atoms with Gasteiger partial charge in [0.1, 0.15) is 0 Å². The monoisotopic (exact) mass is 212 g/mol. The summed E-state index contributed by atoms with van der Waals surface area (Å²) in [6, 6.07) is 1.38. The Balaban J connectivity index is 2.34. The van der Waals surface area contributed by atoms with Gasteiger partial charge in [0, 0.05) is 18.6 Å². The van der Waals surface area contributed by atoms with E-state index in [0.29, 0.717) is 6.04 Å². The Bertz CT molecular complexity index is 170. The van der Waals surface area contributed by atoms with Crippen molar-refractivity contribution in [1.29, 1.82) is 0 Å². The van der Waals surface area contributed by atoms with Crippen LogP contribution in [0, 0.1) is 5.92 Å². The Morgan fingerprint density at radius 3 is 2.73 bits per heavy atom. The average Bonchev–Trinajstić information content (AvgIpc) is 2.28. The summed E-state index contributed by atoms with van der Waals surface area (Å²) >= 11 is 0. The first-order valence-corrected chi connectivity index (χ1v) is 6.58. The molecule has 2 heteroatoms. The smallest absolute Gasteiger partial charge is 0.00817 e. The minimum Gasteiger partial charge on any atom is -0.317 e. The molecule has 1 fully saturated rings. The van der Waals surface area contributed by atoms with Gasteiger partial charge in [0.05, 0.1) is 0 Å². The predicted molar refractivity (Wildman–Crippen MR) is 67.2 cm³/mol. The number of likely N-dealkylation sites (tertiary alicyclic amines) is 1. The van der Waals surface area contributed by atoms with Crippen LogP contribution in [-0.4, -0.2) is 37.1 Å². The van der Waals surface area contributed by atoms with Crippen molar-refractivity contribution in [2.45, 2.75) is 58.5 Å². The first kappa shape index (κ1) is 13.0. The molecule has 0 aromatic rings. The van der Waals surface area contributed by atoms with E-state index in [0.717, 1.165) is 12.0 Å². The fraction of sp³-hybridized carbons (Fsp3) is 1.00. The highest BCUT2D eigenvalue weighted by Crippen LogP contribution is 2.22. The minimum atomic E-state index is 0.641. The van der Waals surface area contributed by atoms with Gasteiger partial charge >= 0.3 is 0 Å². The highest BCUT2D eigenvalue weighted by atomic mass is 15.2. The number of hydrogen-bond acceptors (Lipinski definition) is 2. The van der Waals surface area contributed by atoms with E-state index >= 15 is 0 Å². The molecular formula is C13H28N2. The quantitative estimate of drug-likeness (QED) is 0.753. The van der Waals surface area contributed by atoms with E-state index in [2.05, 4.69) is 38.0 Å². The second-order valence-electron chi connectivity index (χ2n) is 5.19. The molecule has 1 heterocycles. The average molecular weight is 212 g/mol. The summed E-state index contributed by atoms with van der Waals surface area (Å²) in [5.41, 5.74) is 0. The molecule has 0 aromatic carbocycles. The van der Waals surface area contributed by atoms with Crippen molar-refractivity contribution in [2.24, 2.45) is 5.92 Å². The van der Waals surface area contributed by atoms with Gasteiger partial charge in [0.2, 0.25) is 0 Å². The number of hydrogen-bond donors (Lipinski definition) is 1. The summed E-state index contributed by atoms with van der Waals surface area (Å²) in [4.78, 5) is 2.69. The molecule has 3 atom stereocenters. The molecule has 1 aliphatic heterocycles. The summed E-state index contributed by atoms with van der Waals surface area (Å²) in [5, 5.41) is 3.33. The van der Waals surface area contributed by atoms with Crippen molar-refractivity contribution in [3.8, 4) is 0 Å². The molecule has 2 nitrogen and oxygen atoms in total. The van der Waals surface area contributed by atoms with Crippen molar-refractivity contribution < 1.29 is 0 Å². The second-order valence-corrected chi connectivity index (χ2v) is 5.19. The lowest BCUT2D eigenvalue weighted by molar-refractivity contribution is 0.119. The van der Waals surface area contributed by atoms with Crippen LogP contribution in [0.3, 0.4) is 0 Å². The van der Waals surface area contributed by atoms with E-state index in [1.165, 1.54) is 38.8 Å². The molecule has 1 N–H and O–H groups in total. The third-order valence-electron chi connectivity index (χ3n) is 3.94. The first-order valence-electron chi connectivity index (χ1n) is 6.58. The Kier molecular flexibility index (Phi) is 5.62. The van der Waals surface area contributed by atoms with Crippen LogP contribution in [0.1, 0.15) is 46.5 Å². The maximum Gasteiger partial charge on any atom is 0.00817 e. The van der Waals surface area contributed by atoms with Crippen molar-refractivity contribution in [3.05, 3.63) is 0 Å². The molecule has 0 saturated carbocycles. The summed E-state index contributed by atoms with van der Waals surface area (Å²) in [6.07, 6.45) is 5.47. The van der Waals surface area contributed by atoms with E-state index in [1.807, 2.05) is 0 Å². The molecule has 0 amide bonds. The molecule has 0 radical (unpaired) electrons. The van der Waals surface area contributed by atoms with E-state index < -0.39 is 0 Å². The highest BCUT2D eigenvalue weighted by molar-refractivity contribution is 4.78. The molecule has 0 aromatic heterocycles. The fourth-order valence-electron chi connectivity index (χ4n) is 2.61. The molecule has 0 bridgehead atoms. The second kappa shape index (κ2) is 6.49. The van der Waals surface area contributed by atoms with Crippen LogP contribution < -0.4 is 5.32 Å². The van der Waals surface area contributed by atoms with E-state index in [1.54, 1.807) is 0 Å². The Morgan fingerprint density at radius 1 is 1.40 bits per heavy atom. The van der Waals surface area contributed by atoms with Crippen LogP contribution in [0.2, 0.25) is 0 Å².